The molecule has 0 bridgehead atoms. The van der Waals surface area contributed by atoms with Crippen LogP contribution in [0, 0.1) is 6.92 Å². The molecule has 0 radical (unpaired) electrons. The summed E-state index contributed by atoms with van der Waals surface area (Å²) in [4.78, 5) is 20.2. The van der Waals surface area contributed by atoms with Crippen molar-refractivity contribution < 1.29 is 4.79 Å². The lowest BCUT2D eigenvalue weighted by Gasteiger charge is -2.05. The molecule has 22 heavy (non-hydrogen) atoms. The molecule has 3 rings (SSSR count). The number of amides is 1. The number of hydrogen-bond donors (Lipinski definition) is 2. The van der Waals surface area contributed by atoms with E-state index in [4.69, 9.17) is 11.5 Å². The smallest absolute Gasteiger partial charge is 0.281 e. The number of anilines is 1. The number of hydrogen-bond acceptors (Lipinski definition) is 5. The third kappa shape index (κ3) is 2.75. The van der Waals surface area contributed by atoms with Crippen molar-refractivity contribution in [3.05, 3.63) is 47.9 Å². The maximum atomic E-state index is 11.2. The maximum absolute atomic E-state index is 11.2. The number of fused-ring (bicyclic) bond motifs is 1. The number of aromatic nitrogens is 3. The molecule has 7 heteroatoms. The number of nitrogens with zero attached hydrogens (tertiary/aromatic N) is 3. The SMILES string of the molecule is Cc1cccc(Cn2cc(SC(N)=O)c3c(N)ncnc32)c1. The van der Waals surface area contributed by atoms with Crippen LogP contribution >= 0.6 is 11.8 Å². The van der Waals surface area contributed by atoms with E-state index < -0.39 is 5.24 Å². The zero-order valence-corrected chi connectivity index (χ0v) is 12.8. The van der Waals surface area contributed by atoms with Crippen LogP contribution < -0.4 is 11.5 Å². The molecule has 0 fully saturated rings. The topological polar surface area (TPSA) is 99.8 Å². The van der Waals surface area contributed by atoms with Gasteiger partial charge < -0.3 is 16.0 Å². The quantitative estimate of drug-likeness (QED) is 0.724. The Hall–Kier alpha value is -2.54. The monoisotopic (exact) mass is 313 g/mol. The second kappa shape index (κ2) is 5.69. The average molecular weight is 313 g/mol. The molecule has 2 aromatic heterocycles. The molecule has 0 atom stereocenters. The molecular formula is C15H15N5OS. The Morgan fingerprint density at radius 3 is 2.91 bits per heavy atom. The van der Waals surface area contributed by atoms with Gasteiger partial charge in [-0.15, -0.1) is 0 Å². The summed E-state index contributed by atoms with van der Waals surface area (Å²) in [6.07, 6.45) is 3.26. The summed E-state index contributed by atoms with van der Waals surface area (Å²) in [5.74, 6) is 0.344. The molecule has 1 aromatic carbocycles. The van der Waals surface area contributed by atoms with Crippen molar-refractivity contribution in [2.45, 2.75) is 18.4 Å². The summed E-state index contributed by atoms with van der Waals surface area (Å²) >= 11 is 0.935. The van der Waals surface area contributed by atoms with Gasteiger partial charge in [0.25, 0.3) is 5.24 Å². The standard InChI is InChI=1S/C15H15N5OS/c1-9-3-2-4-10(5-9)6-20-7-11(22-15(17)21)12-13(16)18-8-19-14(12)20/h2-5,7-8H,6H2,1H3,(H2,17,21)(H2,16,18,19). The molecule has 0 aliphatic rings. The molecule has 1 amide bonds. The van der Waals surface area contributed by atoms with Crippen LogP contribution in [0.3, 0.4) is 0 Å². The molecule has 6 nitrogen and oxygen atoms in total. The van der Waals surface area contributed by atoms with E-state index in [1.54, 1.807) is 0 Å². The van der Waals surface area contributed by atoms with Gasteiger partial charge in [-0.05, 0) is 24.2 Å². The number of carbonyl (C=O) groups excluding carboxylic acids is 1. The van der Waals surface area contributed by atoms with Gasteiger partial charge >= 0.3 is 0 Å². The van der Waals surface area contributed by atoms with Crippen LogP contribution in [-0.4, -0.2) is 19.8 Å². The average Bonchev–Trinajstić information content (AvgIpc) is 2.77. The van der Waals surface area contributed by atoms with E-state index in [-0.39, 0.29) is 0 Å². The number of carbonyl (C=O) groups is 1. The lowest BCUT2D eigenvalue weighted by Crippen LogP contribution is -2.01. The van der Waals surface area contributed by atoms with Crippen LogP contribution in [0.25, 0.3) is 11.0 Å². The Kier molecular flexibility index (Phi) is 3.72. The van der Waals surface area contributed by atoms with Crippen molar-refractivity contribution >= 4 is 33.9 Å². The van der Waals surface area contributed by atoms with Crippen LogP contribution in [0.15, 0.2) is 41.7 Å². The number of nitrogens with two attached hydrogens (primary N) is 2. The Morgan fingerprint density at radius 2 is 2.18 bits per heavy atom. The predicted molar refractivity (Wildman–Crippen MR) is 87.7 cm³/mol. The zero-order valence-electron chi connectivity index (χ0n) is 12.0. The van der Waals surface area contributed by atoms with E-state index in [1.807, 2.05) is 35.9 Å². The van der Waals surface area contributed by atoms with E-state index in [0.717, 1.165) is 17.3 Å². The van der Waals surface area contributed by atoms with E-state index in [2.05, 4.69) is 16.0 Å². The van der Waals surface area contributed by atoms with Gasteiger partial charge in [-0.25, -0.2) is 9.97 Å². The van der Waals surface area contributed by atoms with Gasteiger partial charge in [-0.1, -0.05) is 29.8 Å². The maximum Gasteiger partial charge on any atom is 0.281 e. The first kappa shape index (κ1) is 14.4. The minimum Gasteiger partial charge on any atom is -0.383 e. The van der Waals surface area contributed by atoms with E-state index >= 15 is 0 Å². The highest BCUT2D eigenvalue weighted by atomic mass is 32.2. The number of nitrogen functional groups attached to an aromatic ring is 1. The molecule has 0 aliphatic carbocycles. The lowest BCUT2D eigenvalue weighted by molar-refractivity contribution is 0.267. The number of rotatable bonds is 3. The van der Waals surface area contributed by atoms with Crippen LogP contribution in [0.4, 0.5) is 10.6 Å². The fraction of sp³-hybridized carbons (Fsp3) is 0.133. The number of benzene rings is 1. The third-order valence-electron chi connectivity index (χ3n) is 3.29. The first-order valence-electron chi connectivity index (χ1n) is 6.66. The number of primary amides is 1. The Bertz CT molecular complexity index is 858. The van der Waals surface area contributed by atoms with Crippen molar-refractivity contribution in [2.24, 2.45) is 5.73 Å². The molecule has 0 spiro atoms. The highest BCUT2D eigenvalue weighted by molar-refractivity contribution is 8.13. The van der Waals surface area contributed by atoms with Crippen LogP contribution in [0.5, 0.6) is 0 Å². The molecule has 0 aliphatic heterocycles. The van der Waals surface area contributed by atoms with Crippen molar-refractivity contribution in [1.29, 1.82) is 0 Å². The van der Waals surface area contributed by atoms with E-state index in [0.29, 0.717) is 28.3 Å². The highest BCUT2D eigenvalue weighted by Crippen LogP contribution is 2.32. The predicted octanol–water partition coefficient (Wildman–Crippen LogP) is 2.54. The van der Waals surface area contributed by atoms with E-state index in [9.17, 15) is 4.79 Å². The van der Waals surface area contributed by atoms with Crippen LogP contribution in [-0.2, 0) is 6.54 Å². The number of aryl methyl sites for hydroxylation is 1. The molecule has 0 unspecified atom stereocenters. The zero-order chi connectivity index (χ0) is 15.7. The summed E-state index contributed by atoms with van der Waals surface area (Å²) in [5.41, 5.74) is 14.2. The molecule has 3 aromatic rings. The highest BCUT2D eigenvalue weighted by Gasteiger charge is 2.15. The van der Waals surface area contributed by atoms with Gasteiger partial charge in [0.15, 0.2) is 0 Å². The van der Waals surface area contributed by atoms with Gasteiger partial charge in [-0.3, -0.25) is 4.79 Å². The number of thioether (sulfide) groups is 1. The fourth-order valence-corrected chi connectivity index (χ4v) is 3.12. The second-order valence-electron chi connectivity index (χ2n) is 4.99. The van der Waals surface area contributed by atoms with Gasteiger partial charge in [0.1, 0.15) is 17.8 Å². The van der Waals surface area contributed by atoms with Gasteiger partial charge in [-0.2, -0.15) is 0 Å². The molecular weight excluding hydrogens is 298 g/mol. The minimum atomic E-state index is -0.488. The fourth-order valence-electron chi connectivity index (χ4n) is 2.42. The molecule has 2 heterocycles. The molecule has 0 saturated heterocycles. The van der Waals surface area contributed by atoms with Gasteiger partial charge in [0.05, 0.1) is 5.39 Å². The summed E-state index contributed by atoms with van der Waals surface area (Å²) in [6.45, 7) is 2.68. The summed E-state index contributed by atoms with van der Waals surface area (Å²) in [5, 5.41) is 0.178. The van der Waals surface area contributed by atoms with Crippen molar-refractivity contribution in [3.8, 4) is 0 Å². The van der Waals surface area contributed by atoms with Crippen molar-refractivity contribution in [1.82, 2.24) is 14.5 Å². The Balaban J connectivity index is 2.10. The second-order valence-corrected chi connectivity index (χ2v) is 6.04. The molecule has 4 N–H and O–H groups in total. The third-order valence-corrected chi connectivity index (χ3v) is 4.02. The summed E-state index contributed by atoms with van der Waals surface area (Å²) in [6, 6.07) is 8.21. The normalized spacial score (nSPS) is 11.0. The van der Waals surface area contributed by atoms with Crippen LogP contribution in [0.2, 0.25) is 0 Å². The summed E-state index contributed by atoms with van der Waals surface area (Å²) in [7, 11) is 0. The lowest BCUT2D eigenvalue weighted by atomic mass is 10.1. The first-order chi connectivity index (χ1) is 10.5. The van der Waals surface area contributed by atoms with Gasteiger partial charge in [0, 0.05) is 17.6 Å². The Morgan fingerprint density at radius 1 is 1.36 bits per heavy atom. The van der Waals surface area contributed by atoms with E-state index in [1.165, 1.54) is 11.9 Å². The largest absolute Gasteiger partial charge is 0.383 e. The molecule has 0 saturated carbocycles. The minimum absolute atomic E-state index is 0.344. The molecule has 112 valence electrons. The van der Waals surface area contributed by atoms with Crippen molar-refractivity contribution in [3.63, 3.8) is 0 Å². The van der Waals surface area contributed by atoms with Gasteiger partial charge in [0.2, 0.25) is 0 Å². The van der Waals surface area contributed by atoms with Crippen molar-refractivity contribution in [2.75, 3.05) is 5.73 Å². The van der Waals surface area contributed by atoms with Crippen LogP contribution in [0.1, 0.15) is 11.1 Å². The summed E-state index contributed by atoms with van der Waals surface area (Å²) < 4.78 is 1.95. The first-order valence-corrected chi connectivity index (χ1v) is 7.48. The Labute approximate surface area is 131 Å².